The maximum atomic E-state index is 4.26. The van der Waals surface area contributed by atoms with Crippen LogP contribution in [-0.2, 0) is 0 Å². The number of benzene rings is 1. The highest BCUT2D eigenvalue weighted by molar-refractivity contribution is 5.58. The van der Waals surface area contributed by atoms with Gasteiger partial charge < -0.3 is 0 Å². The second kappa shape index (κ2) is 4.22. The van der Waals surface area contributed by atoms with Crippen LogP contribution in [0.25, 0.3) is 11.3 Å². The third-order valence-electron chi connectivity index (χ3n) is 2.44. The van der Waals surface area contributed by atoms with Crippen LogP contribution in [-0.4, -0.2) is 9.97 Å². The smallest absolute Gasteiger partial charge is 0.0885 e. The van der Waals surface area contributed by atoms with Gasteiger partial charge in [-0.1, -0.05) is 38.1 Å². The molecule has 0 fully saturated rings. The molecule has 15 heavy (non-hydrogen) atoms. The molecule has 76 valence electrons. The van der Waals surface area contributed by atoms with Crippen molar-refractivity contribution in [3.05, 3.63) is 48.4 Å². The van der Waals surface area contributed by atoms with Gasteiger partial charge in [0.15, 0.2) is 0 Å². The molecule has 0 saturated heterocycles. The Kier molecular flexibility index (Phi) is 2.77. The van der Waals surface area contributed by atoms with E-state index < -0.39 is 0 Å². The predicted molar refractivity (Wildman–Crippen MR) is 61.6 cm³/mol. The van der Waals surface area contributed by atoms with Crippen LogP contribution in [0.15, 0.2) is 42.9 Å². The second-order valence-electron chi connectivity index (χ2n) is 3.87. The van der Waals surface area contributed by atoms with Gasteiger partial charge >= 0.3 is 0 Å². The van der Waals surface area contributed by atoms with Crippen molar-refractivity contribution in [2.24, 2.45) is 0 Å². The van der Waals surface area contributed by atoms with Gasteiger partial charge in [-0.3, -0.25) is 9.97 Å². The summed E-state index contributed by atoms with van der Waals surface area (Å²) in [6.07, 6.45) is 5.18. The summed E-state index contributed by atoms with van der Waals surface area (Å²) in [5, 5.41) is 0. The molecule has 1 aromatic carbocycles. The zero-order valence-electron chi connectivity index (χ0n) is 9.01. The van der Waals surface area contributed by atoms with E-state index in [9.17, 15) is 0 Å². The van der Waals surface area contributed by atoms with E-state index in [1.165, 1.54) is 5.56 Å². The van der Waals surface area contributed by atoms with Crippen LogP contribution in [0.5, 0.6) is 0 Å². The van der Waals surface area contributed by atoms with E-state index in [4.69, 9.17) is 0 Å². The lowest BCUT2D eigenvalue weighted by molar-refractivity contribution is 0.867. The summed E-state index contributed by atoms with van der Waals surface area (Å²) >= 11 is 0. The van der Waals surface area contributed by atoms with E-state index in [1.54, 1.807) is 18.6 Å². The van der Waals surface area contributed by atoms with Gasteiger partial charge in [0.1, 0.15) is 0 Å². The fraction of sp³-hybridized carbons (Fsp3) is 0.231. The van der Waals surface area contributed by atoms with E-state index in [-0.39, 0.29) is 0 Å². The Labute approximate surface area is 90.0 Å². The molecule has 0 unspecified atom stereocenters. The van der Waals surface area contributed by atoms with Crippen molar-refractivity contribution in [2.75, 3.05) is 0 Å². The minimum Gasteiger partial charge on any atom is -0.261 e. The highest BCUT2D eigenvalue weighted by Gasteiger charge is 2.01. The molecule has 0 amide bonds. The molecule has 0 aliphatic heterocycles. The summed E-state index contributed by atoms with van der Waals surface area (Å²) in [5.41, 5.74) is 3.39. The van der Waals surface area contributed by atoms with Gasteiger partial charge in [-0.15, -0.1) is 0 Å². The van der Waals surface area contributed by atoms with E-state index in [0.29, 0.717) is 5.92 Å². The Bertz CT molecular complexity index is 418. The summed E-state index contributed by atoms with van der Waals surface area (Å²) in [5.74, 6) is 0.570. The first-order valence-electron chi connectivity index (χ1n) is 5.13. The Morgan fingerprint density at radius 3 is 2.27 bits per heavy atom. The molecule has 0 atom stereocenters. The second-order valence-corrected chi connectivity index (χ2v) is 3.87. The van der Waals surface area contributed by atoms with Crippen molar-refractivity contribution in [1.29, 1.82) is 0 Å². The van der Waals surface area contributed by atoms with E-state index in [1.807, 2.05) is 0 Å². The predicted octanol–water partition coefficient (Wildman–Crippen LogP) is 3.27. The van der Waals surface area contributed by atoms with Gasteiger partial charge in [0.25, 0.3) is 0 Å². The summed E-state index contributed by atoms with van der Waals surface area (Å²) < 4.78 is 0. The lowest BCUT2D eigenvalue weighted by atomic mass is 10.0. The first-order chi connectivity index (χ1) is 7.27. The Balaban J connectivity index is 2.32. The van der Waals surface area contributed by atoms with Crippen molar-refractivity contribution in [1.82, 2.24) is 9.97 Å². The van der Waals surface area contributed by atoms with Gasteiger partial charge in [-0.05, 0) is 11.5 Å². The zero-order valence-corrected chi connectivity index (χ0v) is 9.01. The third kappa shape index (κ3) is 2.21. The van der Waals surface area contributed by atoms with Gasteiger partial charge in [-0.25, -0.2) is 0 Å². The van der Waals surface area contributed by atoms with E-state index >= 15 is 0 Å². The monoisotopic (exact) mass is 198 g/mol. The molecule has 2 heteroatoms. The van der Waals surface area contributed by atoms with E-state index in [2.05, 4.69) is 48.1 Å². The summed E-state index contributed by atoms with van der Waals surface area (Å²) in [4.78, 5) is 8.32. The minimum atomic E-state index is 0.570. The largest absolute Gasteiger partial charge is 0.261 e. The van der Waals surface area contributed by atoms with Gasteiger partial charge in [0.05, 0.1) is 11.9 Å². The minimum absolute atomic E-state index is 0.570. The Morgan fingerprint density at radius 2 is 1.73 bits per heavy atom. The molecule has 0 spiro atoms. The zero-order chi connectivity index (χ0) is 10.7. The molecule has 1 heterocycles. The highest BCUT2D eigenvalue weighted by Crippen LogP contribution is 2.20. The van der Waals surface area contributed by atoms with Crippen molar-refractivity contribution in [2.45, 2.75) is 19.8 Å². The molecule has 0 aliphatic rings. The molecule has 2 nitrogen and oxygen atoms in total. The normalized spacial score (nSPS) is 10.6. The highest BCUT2D eigenvalue weighted by atomic mass is 14.8. The van der Waals surface area contributed by atoms with Crippen LogP contribution in [0.1, 0.15) is 25.3 Å². The average molecular weight is 198 g/mol. The third-order valence-corrected chi connectivity index (χ3v) is 2.44. The molecule has 1 aromatic heterocycles. The topological polar surface area (TPSA) is 25.8 Å². The maximum absolute atomic E-state index is 4.26. The van der Waals surface area contributed by atoms with Crippen LogP contribution in [0.2, 0.25) is 0 Å². The lowest BCUT2D eigenvalue weighted by Crippen LogP contribution is -1.88. The summed E-state index contributed by atoms with van der Waals surface area (Å²) in [7, 11) is 0. The lowest BCUT2D eigenvalue weighted by Gasteiger charge is -2.06. The summed E-state index contributed by atoms with van der Waals surface area (Å²) in [6.45, 7) is 4.38. The van der Waals surface area contributed by atoms with Crippen LogP contribution < -0.4 is 0 Å². The standard InChI is InChI=1S/C13H14N2/c1-10(2)11-3-5-12(6-4-11)13-9-14-7-8-15-13/h3-10H,1-2H3. The van der Waals surface area contributed by atoms with Crippen LogP contribution in [0.3, 0.4) is 0 Å². The first kappa shape index (κ1) is 9.84. The fourth-order valence-corrected chi connectivity index (χ4v) is 1.49. The fourth-order valence-electron chi connectivity index (χ4n) is 1.49. The van der Waals surface area contributed by atoms with Crippen molar-refractivity contribution < 1.29 is 0 Å². The number of hydrogen-bond acceptors (Lipinski definition) is 2. The molecule has 0 N–H and O–H groups in total. The molecule has 2 aromatic rings. The molecule has 0 bridgehead atoms. The summed E-state index contributed by atoms with van der Waals surface area (Å²) in [6, 6.07) is 8.49. The Morgan fingerprint density at radius 1 is 1.00 bits per heavy atom. The number of aromatic nitrogens is 2. The molecule has 2 rings (SSSR count). The van der Waals surface area contributed by atoms with Gasteiger partial charge in [-0.2, -0.15) is 0 Å². The maximum Gasteiger partial charge on any atom is 0.0885 e. The number of hydrogen-bond donors (Lipinski definition) is 0. The Hall–Kier alpha value is -1.70. The SMILES string of the molecule is CC(C)c1ccc(-c2cnccn2)cc1. The number of rotatable bonds is 2. The molecule has 0 aliphatic carbocycles. The number of nitrogens with zero attached hydrogens (tertiary/aromatic N) is 2. The van der Waals surface area contributed by atoms with Crippen molar-refractivity contribution >= 4 is 0 Å². The van der Waals surface area contributed by atoms with Crippen LogP contribution in [0.4, 0.5) is 0 Å². The van der Waals surface area contributed by atoms with E-state index in [0.717, 1.165) is 11.3 Å². The first-order valence-corrected chi connectivity index (χ1v) is 5.13. The molecular formula is C13H14N2. The average Bonchev–Trinajstić information content (AvgIpc) is 2.30. The van der Waals surface area contributed by atoms with Gasteiger partial charge in [0, 0.05) is 18.0 Å². The molecular weight excluding hydrogens is 184 g/mol. The van der Waals surface area contributed by atoms with Crippen molar-refractivity contribution in [3.8, 4) is 11.3 Å². The van der Waals surface area contributed by atoms with Crippen LogP contribution in [0, 0.1) is 0 Å². The molecule has 0 saturated carbocycles. The van der Waals surface area contributed by atoms with Crippen LogP contribution >= 0.6 is 0 Å². The molecule has 0 radical (unpaired) electrons. The van der Waals surface area contributed by atoms with Crippen molar-refractivity contribution in [3.63, 3.8) is 0 Å². The van der Waals surface area contributed by atoms with Gasteiger partial charge in [0.2, 0.25) is 0 Å². The quantitative estimate of drug-likeness (QED) is 0.740.